The molecule has 0 unspecified atom stereocenters. The minimum Gasteiger partial charge on any atom is -0.486 e. The Balaban J connectivity index is 1.82. The molecule has 3 aromatic rings. The van der Waals surface area contributed by atoms with Crippen LogP contribution in [0, 0.1) is 15.9 Å². The summed E-state index contributed by atoms with van der Waals surface area (Å²) in [6, 6.07) is 20.7. The van der Waals surface area contributed by atoms with E-state index in [0.717, 1.165) is 11.1 Å². The topological polar surface area (TPSA) is 61.6 Å². The molecule has 0 aliphatic rings. The summed E-state index contributed by atoms with van der Waals surface area (Å²) >= 11 is 0. The van der Waals surface area contributed by atoms with E-state index in [2.05, 4.69) is 0 Å². The Morgan fingerprint density at radius 1 is 0.808 bits per heavy atom. The van der Waals surface area contributed by atoms with Crippen molar-refractivity contribution in [2.45, 2.75) is 13.2 Å². The Hall–Kier alpha value is -3.41. The molecule has 132 valence electrons. The van der Waals surface area contributed by atoms with E-state index >= 15 is 0 Å². The zero-order valence-electron chi connectivity index (χ0n) is 13.8. The van der Waals surface area contributed by atoms with Gasteiger partial charge in [0.05, 0.1) is 4.92 Å². The molecular weight excluding hydrogens is 337 g/mol. The van der Waals surface area contributed by atoms with E-state index in [4.69, 9.17) is 9.47 Å². The molecule has 0 aliphatic heterocycles. The van der Waals surface area contributed by atoms with E-state index in [0.29, 0.717) is 0 Å². The number of benzene rings is 3. The van der Waals surface area contributed by atoms with Gasteiger partial charge < -0.3 is 9.47 Å². The maximum Gasteiger partial charge on any atom is 0.314 e. The van der Waals surface area contributed by atoms with E-state index in [1.807, 2.05) is 48.5 Å². The first-order chi connectivity index (χ1) is 12.6. The summed E-state index contributed by atoms with van der Waals surface area (Å²) in [4.78, 5) is 10.5. The van der Waals surface area contributed by atoms with E-state index in [1.165, 1.54) is 12.1 Å². The Morgan fingerprint density at radius 2 is 1.35 bits per heavy atom. The fourth-order valence-corrected chi connectivity index (χ4v) is 2.39. The Morgan fingerprint density at radius 3 is 1.88 bits per heavy atom. The highest BCUT2D eigenvalue weighted by Gasteiger charge is 2.24. The number of hydrogen-bond donors (Lipinski definition) is 0. The molecule has 0 radical (unpaired) electrons. The number of rotatable bonds is 7. The first-order valence-corrected chi connectivity index (χ1v) is 7.95. The number of hydrogen-bond acceptors (Lipinski definition) is 4. The second-order valence-electron chi connectivity index (χ2n) is 5.53. The largest absolute Gasteiger partial charge is 0.486 e. The minimum absolute atomic E-state index is 0.0146. The van der Waals surface area contributed by atoms with Crippen molar-refractivity contribution in [2.75, 3.05) is 0 Å². The molecule has 0 saturated heterocycles. The second-order valence-corrected chi connectivity index (χ2v) is 5.53. The molecule has 0 heterocycles. The summed E-state index contributed by atoms with van der Waals surface area (Å²) < 4.78 is 25.6. The van der Waals surface area contributed by atoms with Gasteiger partial charge in [-0.05, 0) is 17.2 Å². The third kappa shape index (κ3) is 4.16. The van der Waals surface area contributed by atoms with Gasteiger partial charge in [0, 0.05) is 6.07 Å². The van der Waals surface area contributed by atoms with Crippen molar-refractivity contribution in [3.63, 3.8) is 0 Å². The fourth-order valence-electron chi connectivity index (χ4n) is 2.39. The summed E-state index contributed by atoms with van der Waals surface area (Å²) in [7, 11) is 0. The quantitative estimate of drug-likeness (QED) is 0.448. The van der Waals surface area contributed by atoms with Crippen LogP contribution in [-0.2, 0) is 13.2 Å². The van der Waals surface area contributed by atoms with Crippen molar-refractivity contribution in [3.05, 3.63) is 99.9 Å². The lowest BCUT2D eigenvalue weighted by molar-refractivity contribution is -0.386. The van der Waals surface area contributed by atoms with Gasteiger partial charge in [-0.1, -0.05) is 60.7 Å². The predicted octanol–water partition coefficient (Wildman–Crippen LogP) is 4.89. The zero-order valence-corrected chi connectivity index (χ0v) is 13.8. The summed E-state index contributed by atoms with van der Waals surface area (Å²) in [5, 5.41) is 11.2. The normalized spacial score (nSPS) is 10.3. The van der Waals surface area contributed by atoms with Gasteiger partial charge >= 0.3 is 5.69 Å². The SMILES string of the molecule is O=[N+]([O-])c1ccc(OCc2ccccc2)c(F)c1OCc1ccccc1. The lowest BCUT2D eigenvalue weighted by Crippen LogP contribution is -2.04. The summed E-state index contributed by atoms with van der Waals surface area (Å²) in [6.07, 6.45) is 0. The Bertz CT molecular complexity index is 885. The van der Waals surface area contributed by atoms with Crippen LogP contribution in [0.4, 0.5) is 10.1 Å². The average Bonchev–Trinajstić information content (AvgIpc) is 2.67. The maximum atomic E-state index is 14.7. The number of nitro groups is 1. The van der Waals surface area contributed by atoms with Crippen molar-refractivity contribution in [2.24, 2.45) is 0 Å². The second kappa shape index (κ2) is 8.11. The molecule has 0 aromatic heterocycles. The first kappa shape index (κ1) is 17.4. The molecule has 6 heteroatoms. The molecule has 0 spiro atoms. The van der Waals surface area contributed by atoms with Gasteiger partial charge in [0.25, 0.3) is 0 Å². The van der Waals surface area contributed by atoms with Crippen LogP contribution in [0.3, 0.4) is 0 Å². The van der Waals surface area contributed by atoms with E-state index in [9.17, 15) is 14.5 Å². The maximum absolute atomic E-state index is 14.7. The van der Waals surface area contributed by atoms with E-state index in [-0.39, 0.29) is 19.0 Å². The molecule has 26 heavy (non-hydrogen) atoms. The van der Waals surface area contributed by atoms with Crippen LogP contribution in [0.15, 0.2) is 72.8 Å². The van der Waals surface area contributed by atoms with Crippen molar-refractivity contribution in [1.82, 2.24) is 0 Å². The number of nitro benzene ring substituents is 1. The zero-order chi connectivity index (χ0) is 18.4. The minimum atomic E-state index is -0.883. The molecule has 0 atom stereocenters. The number of nitrogens with zero attached hydrogens (tertiary/aromatic N) is 1. The van der Waals surface area contributed by atoms with Gasteiger partial charge in [-0.15, -0.1) is 0 Å². The van der Waals surface area contributed by atoms with Crippen molar-refractivity contribution < 1.29 is 18.8 Å². The lowest BCUT2D eigenvalue weighted by atomic mass is 10.2. The summed E-state index contributed by atoms with van der Waals surface area (Å²) in [5.41, 5.74) is 1.19. The van der Waals surface area contributed by atoms with Gasteiger partial charge in [-0.3, -0.25) is 10.1 Å². The molecule has 0 fully saturated rings. The van der Waals surface area contributed by atoms with Gasteiger partial charge in [0.1, 0.15) is 13.2 Å². The van der Waals surface area contributed by atoms with E-state index in [1.54, 1.807) is 12.1 Å². The van der Waals surface area contributed by atoms with Crippen molar-refractivity contribution in [1.29, 1.82) is 0 Å². The molecule has 0 aliphatic carbocycles. The van der Waals surface area contributed by atoms with Crippen LogP contribution in [-0.4, -0.2) is 4.92 Å². The number of ether oxygens (including phenoxy) is 2. The Labute approximate surface area is 149 Å². The molecular formula is C20H16FNO4. The van der Waals surface area contributed by atoms with Gasteiger partial charge in [0.2, 0.25) is 11.6 Å². The molecule has 5 nitrogen and oxygen atoms in total. The van der Waals surface area contributed by atoms with Gasteiger partial charge in [-0.25, -0.2) is 0 Å². The van der Waals surface area contributed by atoms with Crippen LogP contribution in [0.25, 0.3) is 0 Å². The van der Waals surface area contributed by atoms with Crippen LogP contribution >= 0.6 is 0 Å². The monoisotopic (exact) mass is 353 g/mol. The van der Waals surface area contributed by atoms with Crippen molar-refractivity contribution in [3.8, 4) is 11.5 Å². The summed E-state index contributed by atoms with van der Waals surface area (Å²) in [5.74, 6) is -1.40. The highest BCUT2D eigenvalue weighted by Crippen LogP contribution is 2.36. The highest BCUT2D eigenvalue weighted by atomic mass is 19.1. The predicted molar refractivity (Wildman–Crippen MR) is 94.6 cm³/mol. The smallest absolute Gasteiger partial charge is 0.314 e. The lowest BCUT2D eigenvalue weighted by Gasteiger charge is -2.12. The molecule has 0 N–H and O–H groups in total. The van der Waals surface area contributed by atoms with Crippen LogP contribution in [0.5, 0.6) is 11.5 Å². The molecule has 0 bridgehead atoms. The third-order valence-electron chi connectivity index (χ3n) is 3.70. The van der Waals surface area contributed by atoms with Crippen LogP contribution in [0.2, 0.25) is 0 Å². The third-order valence-corrected chi connectivity index (χ3v) is 3.70. The fraction of sp³-hybridized carbons (Fsp3) is 0.100. The van der Waals surface area contributed by atoms with Gasteiger partial charge in [-0.2, -0.15) is 4.39 Å². The van der Waals surface area contributed by atoms with Crippen LogP contribution < -0.4 is 9.47 Å². The molecule has 0 saturated carbocycles. The van der Waals surface area contributed by atoms with Crippen molar-refractivity contribution >= 4 is 5.69 Å². The standard InChI is InChI=1S/C20H16FNO4/c21-19-18(25-13-15-7-3-1-4-8-15)12-11-17(22(23)24)20(19)26-14-16-9-5-2-6-10-16/h1-12H,13-14H2. The molecule has 3 rings (SSSR count). The molecule has 3 aromatic carbocycles. The van der Waals surface area contributed by atoms with Gasteiger partial charge in [0.15, 0.2) is 5.75 Å². The highest BCUT2D eigenvalue weighted by molar-refractivity contribution is 5.52. The number of halogens is 1. The van der Waals surface area contributed by atoms with Crippen LogP contribution in [0.1, 0.15) is 11.1 Å². The summed E-state index contributed by atoms with van der Waals surface area (Å²) in [6.45, 7) is 0.161. The molecule has 0 amide bonds. The Kier molecular flexibility index (Phi) is 5.43. The average molecular weight is 353 g/mol. The van der Waals surface area contributed by atoms with E-state index < -0.39 is 22.2 Å². The first-order valence-electron chi connectivity index (χ1n) is 7.95.